The van der Waals surface area contributed by atoms with E-state index in [4.69, 9.17) is 11.6 Å². The van der Waals surface area contributed by atoms with Crippen molar-refractivity contribution in [2.75, 3.05) is 19.0 Å². The van der Waals surface area contributed by atoms with Gasteiger partial charge >= 0.3 is 0 Å². The first-order valence-electron chi connectivity index (χ1n) is 12.7. The van der Waals surface area contributed by atoms with Gasteiger partial charge in [0.05, 0.1) is 0 Å². The Bertz CT molecular complexity index is 1120. The van der Waals surface area contributed by atoms with Crippen LogP contribution in [0.15, 0.2) is 89.9 Å². The first kappa shape index (κ1) is 30.8. The minimum atomic E-state index is -0.208. The summed E-state index contributed by atoms with van der Waals surface area (Å²) in [5, 5.41) is 4.20. The monoisotopic (exact) mass is 584 g/mol. The van der Waals surface area contributed by atoms with Crippen molar-refractivity contribution < 1.29 is 4.39 Å². The molecule has 198 valence electrons. The normalized spacial score (nSPS) is 17.1. The molecule has 0 amide bonds. The second kappa shape index (κ2) is 15.8. The fourth-order valence-electron chi connectivity index (χ4n) is 3.67. The maximum atomic E-state index is 12.2. The Labute approximate surface area is 236 Å². The van der Waals surface area contributed by atoms with Crippen LogP contribution >= 0.6 is 27.5 Å². The summed E-state index contributed by atoms with van der Waals surface area (Å²) >= 11 is 9.20. The highest BCUT2D eigenvalue weighted by Gasteiger charge is 2.26. The van der Waals surface area contributed by atoms with Crippen LogP contribution in [0.4, 0.5) is 10.1 Å². The first-order valence-corrected chi connectivity index (χ1v) is 13.8. The molecule has 3 aromatic rings. The predicted molar refractivity (Wildman–Crippen MR) is 164 cm³/mol. The molecule has 0 radical (unpaired) electrons. The number of allylic oxidation sites excluding steroid dienone is 1. The Hall–Kier alpha value is -2.40. The molecule has 1 aliphatic carbocycles. The summed E-state index contributed by atoms with van der Waals surface area (Å²) in [6.45, 7) is 11.6. The number of aryl methyl sites for hydroxylation is 1. The zero-order chi connectivity index (χ0) is 27.4. The number of anilines is 1. The molecule has 0 saturated heterocycles. The number of fused-ring (bicyclic) bond motifs is 1. The Morgan fingerprint density at radius 3 is 2.16 bits per heavy atom. The maximum absolute atomic E-state index is 12.2. The van der Waals surface area contributed by atoms with E-state index in [9.17, 15) is 4.39 Å². The fourth-order valence-corrected chi connectivity index (χ4v) is 4.17. The van der Waals surface area contributed by atoms with Gasteiger partial charge < -0.3 is 10.2 Å². The molecular formula is C32H39BrClFN2. The molecule has 2 unspecified atom stereocenters. The topological polar surface area (TPSA) is 15.3 Å². The summed E-state index contributed by atoms with van der Waals surface area (Å²) < 4.78 is 13.3. The van der Waals surface area contributed by atoms with Crippen molar-refractivity contribution in [3.63, 3.8) is 0 Å². The number of nitrogens with zero attached hydrogens (tertiary/aromatic N) is 1. The van der Waals surface area contributed by atoms with Crippen molar-refractivity contribution >= 4 is 39.3 Å². The van der Waals surface area contributed by atoms with Crippen LogP contribution in [0, 0.1) is 5.82 Å². The average molecular weight is 586 g/mol. The maximum Gasteiger partial charge on any atom is 0.123 e. The molecule has 1 saturated carbocycles. The number of hydrogen-bond donors (Lipinski definition) is 1. The molecule has 5 heteroatoms. The van der Waals surface area contributed by atoms with Gasteiger partial charge in [-0.2, -0.15) is 0 Å². The standard InChI is InChI=1S/C12H17BrN2.C8H9Cl.C8H7F.C4H6/c1-8-6-11(14-2)10-7-9(13)4-5-12(10)15(8)3;2*1-2-7-3-5-8(9)6-4-7;1-4-2-3-4/h4-5,7-8,11,14H,6H2,1-3H3;3-6H,2H2,1H3;2-6H,1H2;1-3H2. The zero-order valence-corrected chi connectivity index (χ0v) is 24.7. The van der Waals surface area contributed by atoms with Crippen LogP contribution in [0.25, 0.3) is 6.08 Å². The lowest BCUT2D eigenvalue weighted by Crippen LogP contribution is -2.38. The molecule has 1 N–H and O–H groups in total. The number of nitrogens with one attached hydrogen (secondary N) is 1. The minimum Gasteiger partial charge on any atom is -0.372 e. The van der Waals surface area contributed by atoms with Crippen molar-refractivity contribution in [3.8, 4) is 0 Å². The van der Waals surface area contributed by atoms with Crippen molar-refractivity contribution in [1.82, 2.24) is 5.32 Å². The van der Waals surface area contributed by atoms with Gasteiger partial charge in [-0.3, -0.25) is 0 Å². The molecule has 1 aliphatic heterocycles. The van der Waals surface area contributed by atoms with Crippen LogP contribution in [0.3, 0.4) is 0 Å². The molecule has 0 aromatic heterocycles. The molecule has 0 bridgehead atoms. The van der Waals surface area contributed by atoms with Gasteiger partial charge in [0.1, 0.15) is 5.82 Å². The Kier molecular flexibility index (Phi) is 13.1. The van der Waals surface area contributed by atoms with Gasteiger partial charge in [0.15, 0.2) is 0 Å². The summed E-state index contributed by atoms with van der Waals surface area (Å²) in [6, 6.07) is 21.7. The van der Waals surface area contributed by atoms with Crippen molar-refractivity contribution in [1.29, 1.82) is 0 Å². The van der Waals surface area contributed by atoms with Crippen molar-refractivity contribution in [2.45, 2.75) is 51.6 Å². The summed E-state index contributed by atoms with van der Waals surface area (Å²) in [5.74, 6) is -0.208. The number of rotatable bonds is 3. The Morgan fingerprint density at radius 2 is 1.68 bits per heavy atom. The molecule has 1 fully saturated rings. The minimum absolute atomic E-state index is 0.208. The largest absolute Gasteiger partial charge is 0.372 e. The second-order valence-corrected chi connectivity index (χ2v) is 10.6. The third-order valence-electron chi connectivity index (χ3n) is 6.36. The zero-order valence-electron chi connectivity index (χ0n) is 22.4. The first-order chi connectivity index (χ1) is 17.7. The smallest absolute Gasteiger partial charge is 0.123 e. The summed E-state index contributed by atoms with van der Waals surface area (Å²) in [5.41, 5.74) is 6.43. The van der Waals surface area contributed by atoms with Crippen molar-refractivity contribution in [2.24, 2.45) is 0 Å². The van der Waals surface area contributed by atoms with Crippen LogP contribution in [-0.2, 0) is 6.42 Å². The van der Waals surface area contributed by atoms with Crippen LogP contribution in [0.1, 0.15) is 55.8 Å². The molecule has 2 nitrogen and oxygen atoms in total. The second-order valence-electron chi connectivity index (χ2n) is 9.23. The van der Waals surface area contributed by atoms with Crippen LogP contribution in [-0.4, -0.2) is 20.1 Å². The highest BCUT2D eigenvalue weighted by molar-refractivity contribution is 9.10. The summed E-state index contributed by atoms with van der Waals surface area (Å²) in [4.78, 5) is 2.36. The van der Waals surface area contributed by atoms with E-state index in [1.807, 2.05) is 31.3 Å². The molecule has 3 aromatic carbocycles. The van der Waals surface area contributed by atoms with Gasteiger partial charge in [0.25, 0.3) is 0 Å². The lowest BCUT2D eigenvalue weighted by atomic mass is 9.92. The van der Waals surface area contributed by atoms with E-state index < -0.39 is 0 Å². The van der Waals surface area contributed by atoms with E-state index in [-0.39, 0.29) is 5.82 Å². The third kappa shape index (κ3) is 10.9. The van der Waals surface area contributed by atoms with E-state index in [0.717, 1.165) is 27.9 Å². The van der Waals surface area contributed by atoms with Gasteiger partial charge in [0, 0.05) is 34.3 Å². The van der Waals surface area contributed by atoms with Crippen molar-refractivity contribution in [3.05, 3.63) is 117 Å². The van der Waals surface area contributed by atoms with E-state index in [2.05, 4.69) is 78.4 Å². The predicted octanol–water partition coefficient (Wildman–Crippen LogP) is 9.65. The molecule has 2 atom stereocenters. The van der Waals surface area contributed by atoms with Crippen LogP contribution < -0.4 is 10.2 Å². The van der Waals surface area contributed by atoms with E-state index in [0.29, 0.717) is 12.1 Å². The molecule has 5 rings (SSSR count). The molecular weight excluding hydrogens is 547 g/mol. The Morgan fingerprint density at radius 1 is 1.08 bits per heavy atom. The van der Waals surface area contributed by atoms with Crippen LogP contribution in [0.2, 0.25) is 5.02 Å². The summed E-state index contributed by atoms with van der Waals surface area (Å²) in [7, 11) is 4.21. The SMILES string of the molecule is C=C1CC1.C=Cc1ccc(F)cc1.CCc1ccc(Cl)cc1.CNC1CC(C)N(C)c2ccc(Br)cc21. The fraction of sp³-hybridized carbons (Fsp3) is 0.312. The summed E-state index contributed by atoms with van der Waals surface area (Å²) in [6.07, 6.45) is 6.51. The third-order valence-corrected chi connectivity index (χ3v) is 7.11. The lowest BCUT2D eigenvalue weighted by Gasteiger charge is -2.38. The molecule has 2 aliphatic rings. The quantitative estimate of drug-likeness (QED) is 0.308. The molecule has 37 heavy (non-hydrogen) atoms. The number of hydrogen-bond acceptors (Lipinski definition) is 2. The highest BCUT2D eigenvalue weighted by atomic mass is 79.9. The average Bonchev–Trinajstić information content (AvgIpc) is 3.70. The van der Waals surface area contributed by atoms with E-state index in [1.165, 1.54) is 47.4 Å². The van der Waals surface area contributed by atoms with Gasteiger partial charge in [-0.05, 0) is 98.8 Å². The van der Waals surface area contributed by atoms with E-state index in [1.54, 1.807) is 18.2 Å². The highest BCUT2D eigenvalue weighted by Crippen LogP contribution is 2.37. The van der Waals surface area contributed by atoms with E-state index >= 15 is 0 Å². The lowest BCUT2D eigenvalue weighted by molar-refractivity contribution is 0.463. The van der Waals surface area contributed by atoms with Gasteiger partial charge in [-0.1, -0.05) is 83.5 Å². The number of halogens is 3. The van der Waals surface area contributed by atoms with Gasteiger partial charge in [-0.25, -0.2) is 4.39 Å². The Balaban J connectivity index is 0.000000189. The van der Waals surface area contributed by atoms with Gasteiger partial charge in [-0.15, -0.1) is 0 Å². The van der Waals surface area contributed by atoms with Crippen LogP contribution in [0.5, 0.6) is 0 Å². The molecule has 0 spiro atoms. The van der Waals surface area contributed by atoms with Gasteiger partial charge in [0.2, 0.25) is 0 Å². The molecule has 1 heterocycles. The number of benzene rings is 3.